The van der Waals surface area contributed by atoms with Crippen molar-refractivity contribution in [3.63, 3.8) is 0 Å². The van der Waals surface area contributed by atoms with Gasteiger partial charge in [-0.15, -0.1) is 30.4 Å². The predicted molar refractivity (Wildman–Crippen MR) is 121 cm³/mol. The Bertz CT molecular complexity index is 827. The van der Waals surface area contributed by atoms with E-state index in [1.807, 2.05) is 38.1 Å². The number of aliphatic imine (C=N–C) groups is 1. The lowest BCUT2D eigenvalue weighted by molar-refractivity contribution is -0.114. The Labute approximate surface area is 176 Å². The Morgan fingerprint density at radius 2 is 1.89 bits per heavy atom. The Morgan fingerprint density at radius 3 is 2.52 bits per heavy atom. The van der Waals surface area contributed by atoms with Crippen molar-refractivity contribution in [3.05, 3.63) is 54.1 Å². The number of carbonyl (C=O) groups excluding carboxylic acids is 1. The van der Waals surface area contributed by atoms with E-state index in [1.165, 1.54) is 0 Å². The molecule has 0 saturated carbocycles. The molecule has 2 aromatic rings. The smallest absolute Gasteiger partial charge is 0.246 e. The highest BCUT2D eigenvalue weighted by Crippen LogP contribution is 2.16. The van der Waals surface area contributed by atoms with Crippen molar-refractivity contribution in [1.82, 2.24) is 0 Å². The number of hydrogen-bond acceptors (Lipinski definition) is 3. The van der Waals surface area contributed by atoms with Crippen molar-refractivity contribution in [2.75, 3.05) is 17.2 Å². The van der Waals surface area contributed by atoms with E-state index >= 15 is 0 Å². The highest BCUT2D eigenvalue weighted by atomic mass is 127. The molecule has 2 aromatic carbocycles. The molecule has 0 heterocycles. The lowest BCUT2D eigenvalue weighted by atomic mass is 10.2. The Balaban J connectivity index is 0.00000364. The number of ether oxygens (including phenoxy) is 1. The van der Waals surface area contributed by atoms with Gasteiger partial charge in [0.15, 0.2) is 5.96 Å². The fourth-order valence-corrected chi connectivity index (χ4v) is 2.12. The maximum absolute atomic E-state index is 11.9. The molecule has 1 amide bonds. The Kier molecular flexibility index (Phi) is 9.16. The number of halogens is 1. The van der Waals surface area contributed by atoms with Crippen molar-refractivity contribution in [2.24, 2.45) is 10.7 Å². The molecule has 0 saturated heterocycles. The monoisotopic (exact) mass is 478 g/mol. The van der Waals surface area contributed by atoms with Gasteiger partial charge in [-0.1, -0.05) is 12.0 Å². The maximum atomic E-state index is 11.9. The molecule has 27 heavy (non-hydrogen) atoms. The summed E-state index contributed by atoms with van der Waals surface area (Å²) in [4.78, 5) is 16.0. The first-order valence-corrected chi connectivity index (χ1v) is 8.16. The van der Waals surface area contributed by atoms with Crippen LogP contribution in [0.1, 0.15) is 19.4 Å². The molecule has 0 aliphatic heterocycles. The average molecular weight is 478 g/mol. The minimum absolute atomic E-state index is 0. The molecule has 7 heteroatoms. The summed E-state index contributed by atoms with van der Waals surface area (Å²) >= 11 is 0. The third-order valence-electron chi connectivity index (χ3n) is 3.20. The minimum Gasteiger partial charge on any atom is -0.491 e. The molecule has 0 unspecified atom stereocenters. The number of anilines is 2. The van der Waals surface area contributed by atoms with E-state index in [0.717, 1.165) is 11.4 Å². The van der Waals surface area contributed by atoms with E-state index in [-0.39, 0.29) is 48.5 Å². The zero-order valence-electron chi connectivity index (χ0n) is 15.2. The van der Waals surface area contributed by atoms with Crippen LogP contribution < -0.4 is 21.1 Å². The summed E-state index contributed by atoms with van der Waals surface area (Å²) in [5, 5.41) is 5.65. The number of nitrogens with zero attached hydrogens (tertiary/aromatic N) is 1. The lowest BCUT2D eigenvalue weighted by Gasteiger charge is -2.11. The largest absolute Gasteiger partial charge is 0.491 e. The molecule has 0 aliphatic carbocycles. The molecule has 2 rings (SSSR count). The van der Waals surface area contributed by atoms with Gasteiger partial charge in [0.1, 0.15) is 12.3 Å². The number of nitrogens with two attached hydrogens (primary N) is 1. The van der Waals surface area contributed by atoms with Gasteiger partial charge in [0.2, 0.25) is 5.91 Å². The number of terminal acetylenes is 1. The summed E-state index contributed by atoms with van der Waals surface area (Å²) in [5.41, 5.74) is 7.88. The van der Waals surface area contributed by atoms with Crippen LogP contribution in [0, 0.1) is 12.3 Å². The Hall–Kier alpha value is -2.73. The van der Waals surface area contributed by atoms with Gasteiger partial charge >= 0.3 is 0 Å². The number of carbonyl (C=O) groups is 1. The van der Waals surface area contributed by atoms with Crippen LogP contribution in [0.15, 0.2) is 53.5 Å². The molecule has 0 aliphatic rings. The van der Waals surface area contributed by atoms with E-state index < -0.39 is 0 Å². The minimum atomic E-state index is -0.287. The molecular formula is C20H23IN4O2. The van der Waals surface area contributed by atoms with Crippen LogP contribution in [0.3, 0.4) is 0 Å². The summed E-state index contributed by atoms with van der Waals surface area (Å²) in [7, 11) is 0. The topological polar surface area (TPSA) is 88.7 Å². The molecular weight excluding hydrogens is 455 g/mol. The first-order chi connectivity index (χ1) is 12.5. The van der Waals surface area contributed by atoms with E-state index in [0.29, 0.717) is 11.3 Å². The second-order valence-electron chi connectivity index (χ2n) is 5.79. The van der Waals surface area contributed by atoms with Crippen molar-refractivity contribution in [2.45, 2.75) is 20.0 Å². The van der Waals surface area contributed by atoms with Crippen LogP contribution in [0.5, 0.6) is 5.75 Å². The summed E-state index contributed by atoms with van der Waals surface area (Å²) in [6.07, 6.45) is 5.45. The maximum Gasteiger partial charge on any atom is 0.246 e. The van der Waals surface area contributed by atoms with E-state index in [1.54, 1.807) is 24.3 Å². The molecule has 4 N–H and O–H groups in total. The third kappa shape index (κ3) is 8.00. The second-order valence-corrected chi connectivity index (χ2v) is 5.79. The summed E-state index contributed by atoms with van der Waals surface area (Å²) in [5.74, 6) is 3.15. The normalized spacial score (nSPS) is 10.5. The van der Waals surface area contributed by atoms with Gasteiger partial charge in [0.25, 0.3) is 0 Å². The van der Waals surface area contributed by atoms with Crippen LogP contribution in [0.2, 0.25) is 0 Å². The highest BCUT2D eigenvalue weighted by molar-refractivity contribution is 14.0. The molecule has 142 valence electrons. The van der Waals surface area contributed by atoms with Gasteiger partial charge in [-0.2, -0.15) is 0 Å². The van der Waals surface area contributed by atoms with E-state index in [9.17, 15) is 4.79 Å². The fourth-order valence-electron chi connectivity index (χ4n) is 2.12. The van der Waals surface area contributed by atoms with Gasteiger partial charge in [-0.3, -0.25) is 4.79 Å². The number of nitrogens with one attached hydrogen (secondary N) is 2. The van der Waals surface area contributed by atoms with Crippen molar-refractivity contribution < 1.29 is 9.53 Å². The number of benzene rings is 2. The van der Waals surface area contributed by atoms with Gasteiger partial charge in [0, 0.05) is 16.9 Å². The van der Waals surface area contributed by atoms with Crippen LogP contribution in [-0.4, -0.2) is 24.5 Å². The number of guanidine groups is 1. The molecule has 0 bridgehead atoms. The summed E-state index contributed by atoms with van der Waals surface area (Å²) in [6.45, 7) is 3.82. The molecule has 0 radical (unpaired) electrons. The van der Waals surface area contributed by atoms with Gasteiger partial charge < -0.3 is 21.1 Å². The first kappa shape index (κ1) is 22.3. The number of amides is 1. The molecule has 0 aromatic heterocycles. The number of rotatable bonds is 6. The lowest BCUT2D eigenvalue weighted by Crippen LogP contribution is -2.25. The second kappa shape index (κ2) is 11.1. The van der Waals surface area contributed by atoms with Gasteiger partial charge in [-0.25, -0.2) is 4.99 Å². The summed E-state index contributed by atoms with van der Waals surface area (Å²) < 4.78 is 5.57. The first-order valence-electron chi connectivity index (χ1n) is 8.16. The molecule has 0 fully saturated rings. The predicted octanol–water partition coefficient (Wildman–Crippen LogP) is 3.44. The zero-order chi connectivity index (χ0) is 18.9. The average Bonchev–Trinajstić information content (AvgIpc) is 2.61. The van der Waals surface area contributed by atoms with Crippen molar-refractivity contribution in [1.29, 1.82) is 0 Å². The quantitative estimate of drug-likeness (QED) is 0.257. The van der Waals surface area contributed by atoms with E-state index in [4.69, 9.17) is 16.9 Å². The molecule has 6 nitrogen and oxygen atoms in total. The van der Waals surface area contributed by atoms with Crippen LogP contribution in [0.4, 0.5) is 11.4 Å². The van der Waals surface area contributed by atoms with E-state index in [2.05, 4.69) is 21.5 Å². The van der Waals surface area contributed by atoms with Crippen LogP contribution in [-0.2, 0) is 4.79 Å². The van der Waals surface area contributed by atoms with Crippen molar-refractivity contribution >= 4 is 47.2 Å². The zero-order valence-corrected chi connectivity index (χ0v) is 17.6. The van der Waals surface area contributed by atoms with Crippen molar-refractivity contribution in [3.8, 4) is 18.1 Å². The third-order valence-corrected chi connectivity index (χ3v) is 3.20. The fraction of sp³-hybridized carbons (Fsp3) is 0.200. The SMILES string of the molecule is C#Cc1cccc(NC(=O)CN=C(N)Nc2ccc(OC(C)C)cc2)c1.I. The van der Waals surface area contributed by atoms with Gasteiger partial charge in [0.05, 0.1) is 6.10 Å². The van der Waals surface area contributed by atoms with Crippen LogP contribution in [0.25, 0.3) is 0 Å². The van der Waals surface area contributed by atoms with Crippen LogP contribution >= 0.6 is 24.0 Å². The summed E-state index contributed by atoms with van der Waals surface area (Å²) in [6, 6.07) is 14.3. The molecule has 0 atom stereocenters. The highest BCUT2D eigenvalue weighted by Gasteiger charge is 2.03. The number of hydrogen-bond donors (Lipinski definition) is 3. The standard InChI is InChI=1S/C20H22N4O2.HI/c1-4-15-6-5-7-17(12-15)23-19(25)13-22-20(21)24-16-8-10-18(11-9-16)26-14(2)3;/h1,5-12,14H,13H2,2-3H3,(H,23,25)(H3,21,22,24);1H. The molecule has 0 spiro atoms. The Morgan fingerprint density at radius 1 is 1.19 bits per heavy atom. The van der Waals surface area contributed by atoms with Gasteiger partial charge in [-0.05, 0) is 56.3 Å².